The van der Waals surface area contributed by atoms with Crippen molar-refractivity contribution in [2.24, 2.45) is 11.8 Å². The summed E-state index contributed by atoms with van der Waals surface area (Å²) < 4.78 is 0. The number of hydrogen-bond donors (Lipinski definition) is 10. The van der Waals surface area contributed by atoms with Crippen LogP contribution in [0.15, 0.2) is 60.7 Å². The summed E-state index contributed by atoms with van der Waals surface area (Å²) in [6, 6.07) is 13.3. The molecule has 26 nitrogen and oxygen atoms in total. The first-order valence-electron chi connectivity index (χ1n) is 32.4. The number of carbonyl (C=O) groups excluding carboxylic acids is 10. The number of amides is 12. The smallest absolute Gasteiger partial charge is 0.317 e. The number of nitrogens with zero attached hydrogens (tertiary/aromatic N) is 6. The highest BCUT2D eigenvalue weighted by atomic mass is 32.1. The third-order valence-electron chi connectivity index (χ3n) is 17.5. The van der Waals surface area contributed by atoms with E-state index in [1.54, 1.807) is 47.5 Å². The van der Waals surface area contributed by atoms with Crippen molar-refractivity contribution in [2.45, 2.75) is 154 Å². The highest BCUT2D eigenvalue weighted by Gasteiger charge is 2.44. The number of likely N-dealkylation sites (N-methyl/N-ethyl adjacent to an activating group) is 2. The van der Waals surface area contributed by atoms with Gasteiger partial charge in [0.25, 0.3) is 0 Å². The maximum atomic E-state index is 14.7. The van der Waals surface area contributed by atoms with E-state index in [0.717, 1.165) is 33.8 Å². The Morgan fingerprint density at radius 2 is 0.880 bits per heavy atom. The average Bonchev–Trinajstić information content (AvgIpc) is 1.91. The third kappa shape index (κ3) is 18.4. The number of thiazole rings is 2. The normalized spacial score (nSPS) is 18.2. The molecule has 4 aliphatic heterocycles. The molecule has 6 heterocycles. The van der Waals surface area contributed by atoms with Crippen LogP contribution in [0.25, 0.3) is 22.5 Å². The molecule has 0 saturated carbocycles. The summed E-state index contributed by atoms with van der Waals surface area (Å²) in [5.41, 5.74) is 2.48. The molecule has 0 unspecified atom stereocenters. The fourth-order valence-electron chi connectivity index (χ4n) is 12.0. The van der Waals surface area contributed by atoms with E-state index in [1.165, 1.54) is 0 Å². The Hall–Kier alpha value is -8.08. The molecular formula is C64H90N16O10S2. The third-order valence-corrected chi connectivity index (χ3v) is 19.3. The molecule has 0 radical (unpaired) electrons. The van der Waals surface area contributed by atoms with Gasteiger partial charge in [0.1, 0.15) is 45.6 Å². The molecule has 4 saturated heterocycles. The minimum atomic E-state index is -0.951. The van der Waals surface area contributed by atoms with Crippen LogP contribution in [0.1, 0.15) is 118 Å². The lowest BCUT2D eigenvalue weighted by Crippen LogP contribution is -2.59. The highest BCUT2D eigenvalue weighted by Crippen LogP contribution is 2.39. The molecule has 4 aliphatic rings. The summed E-state index contributed by atoms with van der Waals surface area (Å²) in [5.74, 6) is -3.29. The van der Waals surface area contributed by atoms with Crippen LogP contribution in [-0.4, -0.2) is 192 Å². The predicted molar refractivity (Wildman–Crippen MR) is 354 cm³/mol. The van der Waals surface area contributed by atoms with Gasteiger partial charge in [0.15, 0.2) is 10.3 Å². The second-order valence-electron chi connectivity index (χ2n) is 23.9. The van der Waals surface area contributed by atoms with E-state index in [9.17, 15) is 47.9 Å². The number of urea groups is 2. The largest absolute Gasteiger partial charge is 0.343 e. The quantitative estimate of drug-likeness (QED) is 0.0317. The molecule has 0 bridgehead atoms. The molecule has 0 spiro atoms. The van der Waals surface area contributed by atoms with Crippen molar-refractivity contribution < 1.29 is 47.9 Å². The fraction of sp³-hybridized carbons (Fsp3) is 0.562. The number of piperidine rings is 2. The van der Waals surface area contributed by atoms with E-state index in [1.807, 2.05) is 74.5 Å². The zero-order valence-electron chi connectivity index (χ0n) is 53.5. The van der Waals surface area contributed by atoms with Gasteiger partial charge in [0.05, 0.1) is 12.1 Å². The van der Waals surface area contributed by atoms with Crippen molar-refractivity contribution in [3.63, 3.8) is 0 Å². The Bertz CT molecular complexity index is 3000. The van der Waals surface area contributed by atoms with Gasteiger partial charge in [-0.1, -0.05) is 97.2 Å². The summed E-state index contributed by atoms with van der Waals surface area (Å²) in [6.07, 6.45) is 6.78. The van der Waals surface area contributed by atoms with Gasteiger partial charge in [-0.3, -0.25) is 38.4 Å². The van der Waals surface area contributed by atoms with Gasteiger partial charge in [-0.05, 0) is 117 Å². The predicted octanol–water partition coefficient (Wildman–Crippen LogP) is 5.78. The van der Waals surface area contributed by atoms with Gasteiger partial charge in [-0.15, -0.1) is 0 Å². The Kier molecular flexibility index (Phi) is 25.8. The number of benzene rings is 2. The van der Waals surface area contributed by atoms with Gasteiger partial charge >= 0.3 is 12.1 Å². The number of unbranched alkanes of at least 4 members (excludes halogenated alkanes) is 1. The summed E-state index contributed by atoms with van der Waals surface area (Å²) >= 11 is 2.29. The maximum Gasteiger partial charge on any atom is 0.317 e. The Morgan fingerprint density at radius 1 is 0.511 bits per heavy atom. The number of hydrogen-bond acceptors (Lipinski definition) is 16. The monoisotopic (exact) mass is 1310 g/mol. The topological polar surface area (TPSA) is 330 Å². The van der Waals surface area contributed by atoms with Crippen LogP contribution >= 0.6 is 22.7 Å². The number of aromatic nitrogens is 2. The number of carbonyl (C=O) groups is 10. The van der Waals surface area contributed by atoms with E-state index in [2.05, 4.69) is 63.1 Å². The SMILES string of the molecule is CCCC(=O)Nc1nc(-c2ccccc2)c(NC(=O)[C@@H]2CCCN2C(=O)[C@@H](NC(=O)[C@H](C)NC)C2CCN(C(=O)NCCCCNC(=O)N3CCC([C@H](NC(=O)[C@H](C)NC)C(=O)N4CCC[C@H]4C(=O)Nc4sc(NC(=O)CCC)nc4-c4ccccc4)CC3)CC2)s1. The number of nitrogens with one attached hydrogen (secondary N) is 10. The van der Waals surface area contributed by atoms with Gasteiger partial charge in [0, 0.05) is 76.3 Å². The molecule has 4 fully saturated rings. The lowest BCUT2D eigenvalue weighted by atomic mass is 9.88. The van der Waals surface area contributed by atoms with Crippen LogP contribution in [0.5, 0.6) is 0 Å². The van der Waals surface area contributed by atoms with E-state index in [0.29, 0.717) is 174 Å². The molecule has 28 heteroatoms. The molecule has 4 aromatic rings. The van der Waals surface area contributed by atoms with E-state index in [-0.39, 0.29) is 59.3 Å². The van der Waals surface area contributed by atoms with Crippen molar-refractivity contribution in [1.29, 1.82) is 0 Å². The van der Waals surface area contributed by atoms with Gasteiger partial charge in [-0.2, -0.15) is 0 Å². The molecule has 0 aliphatic carbocycles. The van der Waals surface area contributed by atoms with Crippen LogP contribution in [0.2, 0.25) is 0 Å². The molecule has 2 aromatic carbocycles. The molecule has 2 aromatic heterocycles. The van der Waals surface area contributed by atoms with Crippen LogP contribution in [0.4, 0.5) is 29.9 Å². The zero-order chi connectivity index (χ0) is 65.8. The van der Waals surface area contributed by atoms with Crippen molar-refractivity contribution >= 4 is 102 Å². The molecule has 8 rings (SSSR count). The van der Waals surface area contributed by atoms with E-state index < -0.39 is 48.1 Å². The van der Waals surface area contributed by atoms with Gasteiger partial charge in [0.2, 0.25) is 47.3 Å². The number of anilines is 4. The van der Waals surface area contributed by atoms with Crippen molar-refractivity contribution in [3.05, 3.63) is 60.7 Å². The van der Waals surface area contributed by atoms with E-state index in [4.69, 9.17) is 0 Å². The summed E-state index contributed by atoms with van der Waals surface area (Å²) in [4.78, 5) is 152. The lowest BCUT2D eigenvalue weighted by Gasteiger charge is -2.38. The number of rotatable bonds is 27. The first kappa shape index (κ1) is 69.8. The lowest BCUT2D eigenvalue weighted by molar-refractivity contribution is -0.142. The Morgan fingerprint density at radius 3 is 1.23 bits per heavy atom. The minimum Gasteiger partial charge on any atom is -0.343 e. The second kappa shape index (κ2) is 34.0. The van der Waals surface area contributed by atoms with E-state index >= 15 is 0 Å². The van der Waals surface area contributed by atoms with Crippen molar-refractivity contribution in [3.8, 4) is 22.5 Å². The van der Waals surface area contributed by atoms with Crippen molar-refractivity contribution in [2.75, 3.05) is 87.7 Å². The number of likely N-dealkylation sites (tertiary alicyclic amines) is 4. The summed E-state index contributed by atoms with van der Waals surface area (Å²) in [5, 5.41) is 31.1. The average molecular weight is 1310 g/mol. The first-order valence-corrected chi connectivity index (χ1v) is 34.0. The molecule has 10 N–H and O–H groups in total. The second-order valence-corrected chi connectivity index (χ2v) is 25.9. The summed E-state index contributed by atoms with van der Waals surface area (Å²) in [6.45, 7) is 9.88. The molecule has 92 heavy (non-hydrogen) atoms. The minimum absolute atomic E-state index is 0.187. The fourth-order valence-corrected chi connectivity index (χ4v) is 13.8. The standard InChI is InChI=1S/C64H90N16O10S2/c1-7-19-47(81)69-61-73-49(41-21-11-9-12-22-41)57(91-61)75-55(85)45-25-17-33-79(45)59(87)51(71-53(83)39(3)65-5)43-27-35-77(36-28-43)63(89)67-31-15-16-32-68-64(90)78-37-29-44(30-38-78)52(72-54(84)40(4)66-6)60(88)80-34-18-26-46(80)56(86)76-58-50(42-23-13-10-14-24-42)74-62(92-58)70-48(82)20-8-2/h9-14,21-24,39-40,43-46,51-52,65-66H,7-8,15-20,25-38H2,1-6H3,(H,67,89)(H,68,90)(H,71,83)(H,72,84)(H,75,85)(H,76,86)(H,69,73,81)(H,70,74,82)/t39-,40-,45-,46-,51-,52-/m0/s1. The van der Waals surface area contributed by atoms with Crippen LogP contribution in [0.3, 0.4) is 0 Å². The maximum absolute atomic E-state index is 14.7. The van der Waals surface area contributed by atoms with Crippen LogP contribution in [-0.2, 0) is 38.4 Å². The first-order chi connectivity index (χ1) is 44.4. The molecular weight excluding hydrogens is 1220 g/mol. The highest BCUT2D eigenvalue weighted by molar-refractivity contribution is 7.20. The van der Waals surface area contributed by atoms with Crippen molar-refractivity contribution in [1.82, 2.24) is 61.5 Å². The van der Waals surface area contributed by atoms with Crippen LogP contribution < -0.4 is 53.2 Å². The Labute approximate surface area is 545 Å². The Balaban J connectivity index is 0.792. The summed E-state index contributed by atoms with van der Waals surface area (Å²) in [7, 11) is 3.31. The molecule has 12 amide bonds. The molecule has 6 atom stereocenters. The van der Waals surface area contributed by atoms with Crippen LogP contribution in [0, 0.1) is 11.8 Å². The van der Waals surface area contributed by atoms with Gasteiger partial charge in [-0.25, -0.2) is 19.6 Å². The zero-order valence-corrected chi connectivity index (χ0v) is 55.2. The van der Waals surface area contributed by atoms with Gasteiger partial charge < -0.3 is 72.8 Å². The molecule has 498 valence electrons.